The number of ether oxygens (including phenoxy) is 2. The maximum absolute atomic E-state index is 12.2. The lowest BCUT2D eigenvalue weighted by Gasteiger charge is -2.19. The van der Waals surface area contributed by atoms with Crippen LogP contribution < -0.4 is 15.4 Å². The quantitative estimate of drug-likeness (QED) is 0.305. The number of unbranched alkanes of at least 4 members (excludes halogenated alkanes) is 1. The van der Waals surface area contributed by atoms with Crippen LogP contribution in [0.5, 0.6) is 5.75 Å². The number of hydrogen-bond acceptors (Lipinski definition) is 6. The van der Waals surface area contributed by atoms with Crippen LogP contribution in [-0.4, -0.2) is 44.4 Å². The van der Waals surface area contributed by atoms with E-state index in [1.54, 1.807) is 26.4 Å². The zero-order valence-electron chi connectivity index (χ0n) is 19.8. The van der Waals surface area contributed by atoms with E-state index in [0.29, 0.717) is 12.2 Å². The van der Waals surface area contributed by atoms with Crippen LogP contribution in [0, 0.1) is 6.92 Å². The minimum atomic E-state index is -0.948. The summed E-state index contributed by atoms with van der Waals surface area (Å²) < 4.78 is 16.8. The standard InChI is InChI=1S/C26H32N2O6/c1-17-21-16-20(33-3)11-12-23(21)34-25(17)22(6-4-5-15-32-2)28-19-9-7-18(8-10-19)26(31)27-14-13-24(29)30/h7-12,16,22,28H,4-6,13-15H2,1-3H3,(H,27,31)(H,29,30)/t22-/m0/s1. The molecule has 0 bridgehead atoms. The fraction of sp³-hybridized carbons (Fsp3) is 0.385. The van der Waals surface area contributed by atoms with Gasteiger partial charge in [0.15, 0.2) is 0 Å². The summed E-state index contributed by atoms with van der Waals surface area (Å²) in [6.45, 7) is 2.84. The van der Waals surface area contributed by atoms with E-state index in [9.17, 15) is 9.59 Å². The van der Waals surface area contributed by atoms with E-state index in [1.165, 1.54) is 0 Å². The summed E-state index contributed by atoms with van der Waals surface area (Å²) in [4.78, 5) is 22.8. The lowest BCUT2D eigenvalue weighted by atomic mass is 10.0. The molecule has 182 valence electrons. The third-order valence-corrected chi connectivity index (χ3v) is 5.70. The van der Waals surface area contributed by atoms with Crippen molar-refractivity contribution >= 4 is 28.5 Å². The third-order valence-electron chi connectivity index (χ3n) is 5.70. The van der Waals surface area contributed by atoms with Gasteiger partial charge in [0.1, 0.15) is 17.1 Å². The van der Waals surface area contributed by atoms with Crippen molar-refractivity contribution in [3.05, 3.63) is 59.4 Å². The molecule has 8 nitrogen and oxygen atoms in total. The van der Waals surface area contributed by atoms with Gasteiger partial charge < -0.3 is 29.6 Å². The topological polar surface area (TPSA) is 110 Å². The summed E-state index contributed by atoms with van der Waals surface area (Å²) >= 11 is 0. The van der Waals surface area contributed by atoms with E-state index in [-0.39, 0.29) is 24.9 Å². The first kappa shape index (κ1) is 25.1. The number of benzene rings is 2. The largest absolute Gasteiger partial charge is 0.497 e. The van der Waals surface area contributed by atoms with Gasteiger partial charge in [-0.3, -0.25) is 9.59 Å². The van der Waals surface area contributed by atoms with E-state index < -0.39 is 5.97 Å². The van der Waals surface area contributed by atoms with Gasteiger partial charge in [-0.1, -0.05) is 0 Å². The molecule has 0 aliphatic carbocycles. The molecule has 1 atom stereocenters. The van der Waals surface area contributed by atoms with Gasteiger partial charge in [0.25, 0.3) is 5.91 Å². The third kappa shape index (κ3) is 6.51. The Morgan fingerprint density at radius 1 is 1.09 bits per heavy atom. The monoisotopic (exact) mass is 468 g/mol. The Hall–Kier alpha value is -3.52. The van der Waals surface area contributed by atoms with Gasteiger partial charge in [-0.2, -0.15) is 0 Å². The summed E-state index contributed by atoms with van der Waals surface area (Å²) in [5, 5.41) is 15.9. The maximum Gasteiger partial charge on any atom is 0.305 e. The smallest absolute Gasteiger partial charge is 0.305 e. The van der Waals surface area contributed by atoms with E-state index >= 15 is 0 Å². The predicted molar refractivity (Wildman–Crippen MR) is 131 cm³/mol. The second-order valence-corrected chi connectivity index (χ2v) is 8.12. The summed E-state index contributed by atoms with van der Waals surface area (Å²) in [5.41, 5.74) is 3.20. The number of rotatable bonds is 13. The molecule has 1 aromatic heterocycles. The second-order valence-electron chi connectivity index (χ2n) is 8.12. The highest BCUT2D eigenvalue weighted by atomic mass is 16.5. The number of aryl methyl sites for hydroxylation is 1. The minimum Gasteiger partial charge on any atom is -0.497 e. The second kappa shape index (κ2) is 12.1. The summed E-state index contributed by atoms with van der Waals surface area (Å²) in [6.07, 6.45) is 2.63. The van der Waals surface area contributed by atoms with Crippen LogP contribution in [0.15, 0.2) is 46.9 Å². The fourth-order valence-corrected chi connectivity index (χ4v) is 3.85. The van der Waals surface area contributed by atoms with Crippen LogP contribution in [0.4, 0.5) is 5.69 Å². The molecule has 0 spiro atoms. The normalized spacial score (nSPS) is 11.9. The van der Waals surface area contributed by atoms with Gasteiger partial charge >= 0.3 is 5.97 Å². The van der Waals surface area contributed by atoms with E-state index in [1.807, 2.05) is 30.3 Å². The van der Waals surface area contributed by atoms with Crippen LogP contribution in [-0.2, 0) is 9.53 Å². The van der Waals surface area contributed by atoms with Crippen LogP contribution in [0.3, 0.4) is 0 Å². The Bertz CT molecular complexity index is 1110. The van der Waals surface area contributed by atoms with Crippen molar-refractivity contribution in [3.63, 3.8) is 0 Å². The number of furan rings is 1. The highest BCUT2D eigenvalue weighted by Crippen LogP contribution is 2.35. The molecule has 8 heteroatoms. The number of amides is 1. The number of anilines is 1. The Morgan fingerprint density at radius 3 is 2.53 bits per heavy atom. The number of carboxylic acids is 1. The number of fused-ring (bicyclic) bond motifs is 1. The number of carbonyl (C=O) groups excluding carboxylic acids is 1. The molecule has 3 rings (SSSR count). The van der Waals surface area contributed by atoms with E-state index in [2.05, 4.69) is 17.6 Å². The zero-order chi connectivity index (χ0) is 24.5. The zero-order valence-corrected chi connectivity index (χ0v) is 19.8. The van der Waals surface area contributed by atoms with Crippen molar-refractivity contribution in [2.45, 2.75) is 38.6 Å². The van der Waals surface area contributed by atoms with Crippen molar-refractivity contribution in [2.24, 2.45) is 0 Å². The molecule has 1 heterocycles. The summed E-state index contributed by atoms with van der Waals surface area (Å²) in [5.74, 6) is 0.405. The molecule has 0 radical (unpaired) electrons. The Labute approximate surface area is 199 Å². The van der Waals surface area contributed by atoms with Crippen molar-refractivity contribution in [1.29, 1.82) is 0 Å². The molecule has 0 aliphatic heterocycles. The molecule has 0 unspecified atom stereocenters. The molecule has 3 aromatic rings. The summed E-state index contributed by atoms with van der Waals surface area (Å²) in [6, 6.07) is 12.8. The Balaban J connectivity index is 1.77. The first-order valence-electron chi connectivity index (χ1n) is 11.4. The highest BCUT2D eigenvalue weighted by Gasteiger charge is 2.21. The summed E-state index contributed by atoms with van der Waals surface area (Å²) in [7, 11) is 3.35. The van der Waals surface area contributed by atoms with Crippen LogP contribution in [0.25, 0.3) is 11.0 Å². The lowest BCUT2D eigenvalue weighted by Crippen LogP contribution is -2.25. The molecule has 0 fully saturated rings. The van der Waals surface area contributed by atoms with Gasteiger partial charge in [-0.15, -0.1) is 0 Å². The van der Waals surface area contributed by atoms with Gasteiger partial charge in [-0.25, -0.2) is 0 Å². The molecule has 2 aromatic carbocycles. The Morgan fingerprint density at radius 2 is 1.85 bits per heavy atom. The molecular weight excluding hydrogens is 436 g/mol. The number of aliphatic carboxylic acids is 1. The van der Waals surface area contributed by atoms with E-state index in [0.717, 1.165) is 53.0 Å². The average molecular weight is 469 g/mol. The van der Waals surface area contributed by atoms with Gasteiger partial charge in [0.05, 0.1) is 19.6 Å². The molecule has 1 amide bonds. The molecular formula is C26H32N2O6. The first-order chi connectivity index (χ1) is 16.4. The SMILES string of the molecule is COCCCC[C@H](Nc1ccc(C(=O)NCCC(=O)O)cc1)c1oc2ccc(OC)cc2c1C. The molecule has 34 heavy (non-hydrogen) atoms. The highest BCUT2D eigenvalue weighted by molar-refractivity contribution is 5.94. The average Bonchev–Trinajstić information content (AvgIpc) is 3.16. The number of hydrogen-bond donors (Lipinski definition) is 3. The van der Waals surface area contributed by atoms with Crippen LogP contribution >= 0.6 is 0 Å². The number of carboxylic acid groups (broad SMARTS) is 1. The maximum atomic E-state index is 12.2. The van der Waals surface area contributed by atoms with Gasteiger partial charge in [0.2, 0.25) is 0 Å². The van der Waals surface area contributed by atoms with Gasteiger partial charge in [0, 0.05) is 42.5 Å². The number of carbonyl (C=O) groups is 2. The van der Waals surface area contributed by atoms with Crippen LogP contribution in [0.2, 0.25) is 0 Å². The predicted octanol–water partition coefficient (Wildman–Crippen LogP) is 4.92. The molecule has 0 saturated heterocycles. The van der Waals surface area contributed by atoms with Gasteiger partial charge in [-0.05, 0) is 68.7 Å². The van der Waals surface area contributed by atoms with Crippen molar-refractivity contribution in [3.8, 4) is 5.75 Å². The number of nitrogens with one attached hydrogen (secondary N) is 2. The van der Waals surface area contributed by atoms with Crippen molar-refractivity contribution in [1.82, 2.24) is 5.32 Å². The molecule has 3 N–H and O–H groups in total. The fourth-order valence-electron chi connectivity index (χ4n) is 3.85. The van der Waals surface area contributed by atoms with Crippen LogP contribution in [0.1, 0.15) is 53.4 Å². The first-order valence-corrected chi connectivity index (χ1v) is 11.4. The Kier molecular flexibility index (Phi) is 8.93. The lowest BCUT2D eigenvalue weighted by molar-refractivity contribution is -0.136. The molecule has 0 saturated carbocycles. The van der Waals surface area contributed by atoms with E-state index in [4.69, 9.17) is 19.0 Å². The minimum absolute atomic E-state index is 0.0644. The molecule has 0 aliphatic rings. The van der Waals surface area contributed by atoms with Crippen molar-refractivity contribution in [2.75, 3.05) is 32.7 Å². The van der Waals surface area contributed by atoms with Crippen molar-refractivity contribution < 1.29 is 28.6 Å². The number of methoxy groups -OCH3 is 2.